The summed E-state index contributed by atoms with van der Waals surface area (Å²) >= 11 is 0. The second kappa shape index (κ2) is 4.66. The van der Waals surface area contributed by atoms with Crippen LogP contribution in [0.15, 0.2) is 48.7 Å². The molecule has 0 spiro atoms. The predicted molar refractivity (Wildman–Crippen MR) is 68.3 cm³/mol. The maximum Gasteiger partial charge on any atom is 0.156 e. The zero-order valence-electron chi connectivity index (χ0n) is 9.51. The summed E-state index contributed by atoms with van der Waals surface area (Å²) in [5, 5.41) is 3.14. The summed E-state index contributed by atoms with van der Waals surface area (Å²) in [5.74, 6) is 0.927. The first-order chi connectivity index (χ1) is 7.83. The summed E-state index contributed by atoms with van der Waals surface area (Å²) in [4.78, 5) is 6.45. The van der Waals surface area contributed by atoms with Crippen molar-refractivity contribution in [3.8, 4) is 0 Å². The van der Waals surface area contributed by atoms with E-state index in [1.807, 2.05) is 44.4 Å². The Bertz CT molecular complexity index is 454. The first-order valence-corrected chi connectivity index (χ1v) is 5.24. The monoisotopic (exact) mass is 213 g/mol. The zero-order chi connectivity index (χ0) is 11.4. The zero-order valence-corrected chi connectivity index (χ0v) is 9.51. The largest absolute Gasteiger partial charge is 0.385 e. The fraction of sp³-hybridized carbons (Fsp3) is 0.154. The van der Waals surface area contributed by atoms with Gasteiger partial charge < -0.3 is 10.2 Å². The van der Waals surface area contributed by atoms with Crippen molar-refractivity contribution >= 4 is 17.2 Å². The van der Waals surface area contributed by atoms with Crippen molar-refractivity contribution in [2.45, 2.75) is 0 Å². The molecule has 82 valence electrons. The molecule has 0 saturated carbocycles. The Kier molecular flexibility index (Phi) is 3.05. The van der Waals surface area contributed by atoms with Crippen LogP contribution < -0.4 is 10.2 Å². The van der Waals surface area contributed by atoms with Crippen molar-refractivity contribution in [3.63, 3.8) is 0 Å². The Balaban J connectivity index is 2.37. The predicted octanol–water partition coefficient (Wildman–Crippen LogP) is 2.89. The van der Waals surface area contributed by atoms with Crippen LogP contribution in [-0.4, -0.2) is 19.1 Å². The second-order valence-electron chi connectivity index (χ2n) is 3.52. The molecule has 1 aromatic heterocycles. The Hall–Kier alpha value is -2.03. The maximum absolute atomic E-state index is 4.39. The van der Waals surface area contributed by atoms with Gasteiger partial charge in [-0.3, -0.25) is 0 Å². The number of rotatable bonds is 3. The third-order valence-electron chi connectivity index (χ3n) is 2.52. The van der Waals surface area contributed by atoms with Crippen LogP contribution in [0.3, 0.4) is 0 Å². The molecule has 0 aliphatic carbocycles. The molecule has 2 rings (SSSR count). The second-order valence-corrected chi connectivity index (χ2v) is 3.52. The van der Waals surface area contributed by atoms with Gasteiger partial charge in [-0.1, -0.05) is 18.2 Å². The van der Waals surface area contributed by atoms with Crippen LogP contribution in [0.1, 0.15) is 0 Å². The molecule has 0 amide bonds. The van der Waals surface area contributed by atoms with Gasteiger partial charge in [0.25, 0.3) is 0 Å². The molecule has 1 aromatic carbocycles. The Morgan fingerprint density at radius 1 is 1.06 bits per heavy atom. The van der Waals surface area contributed by atoms with E-state index < -0.39 is 0 Å². The van der Waals surface area contributed by atoms with Crippen LogP contribution in [0.5, 0.6) is 0 Å². The van der Waals surface area contributed by atoms with E-state index in [-0.39, 0.29) is 0 Å². The Morgan fingerprint density at radius 3 is 2.50 bits per heavy atom. The molecule has 0 aliphatic heterocycles. The Labute approximate surface area is 95.7 Å². The molecule has 0 atom stereocenters. The van der Waals surface area contributed by atoms with Crippen molar-refractivity contribution in [1.82, 2.24) is 4.98 Å². The SMILES string of the molecule is CNc1cccnc1N(C)c1ccccc1. The number of para-hydroxylation sites is 1. The molecule has 0 radical (unpaired) electrons. The molecule has 2 aromatic rings. The van der Waals surface area contributed by atoms with Crippen molar-refractivity contribution in [2.75, 3.05) is 24.3 Å². The average Bonchev–Trinajstić information content (AvgIpc) is 2.39. The molecule has 0 bridgehead atoms. The van der Waals surface area contributed by atoms with E-state index in [0.29, 0.717) is 0 Å². The lowest BCUT2D eigenvalue weighted by molar-refractivity contribution is 1.12. The molecule has 3 heteroatoms. The number of hydrogen-bond acceptors (Lipinski definition) is 3. The standard InChI is InChI=1S/C13H15N3/c1-14-12-9-6-10-15-13(12)16(2)11-7-4-3-5-8-11/h3-10,14H,1-2H3. The van der Waals surface area contributed by atoms with Crippen LogP contribution >= 0.6 is 0 Å². The molecular formula is C13H15N3. The fourth-order valence-electron chi connectivity index (χ4n) is 1.63. The quantitative estimate of drug-likeness (QED) is 0.849. The molecule has 0 saturated heterocycles. The lowest BCUT2D eigenvalue weighted by atomic mass is 10.3. The molecule has 0 fully saturated rings. The highest BCUT2D eigenvalue weighted by Gasteiger charge is 2.08. The minimum absolute atomic E-state index is 0.927. The summed E-state index contributed by atoms with van der Waals surface area (Å²) in [5.41, 5.74) is 2.14. The molecule has 3 nitrogen and oxygen atoms in total. The maximum atomic E-state index is 4.39. The fourth-order valence-corrected chi connectivity index (χ4v) is 1.63. The summed E-state index contributed by atoms with van der Waals surface area (Å²) in [6.07, 6.45) is 1.80. The summed E-state index contributed by atoms with van der Waals surface area (Å²) in [7, 11) is 3.91. The van der Waals surface area contributed by atoms with Gasteiger partial charge in [-0.15, -0.1) is 0 Å². The van der Waals surface area contributed by atoms with Gasteiger partial charge in [-0.25, -0.2) is 4.98 Å². The summed E-state index contributed by atoms with van der Waals surface area (Å²) in [6.45, 7) is 0. The lowest BCUT2D eigenvalue weighted by Gasteiger charge is -2.20. The van der Waals surface area contributed by atoms with Crippen molar-refractivity contribution in [2.24, 2.45) is 0 Å². The van der Waals surface area contributed by atoms with Crippen molar-refractivity contribution in [3.05, 3.63) is 48.7 Å². The number of nitrogens with one attached hydrogen (secondary N) is 1. The lowest BCUT2D eigenvalue weighted by Crippen LogP contribution is -2.12. The van der Waals surface area contributed by atoms with Crippen LogP contribution in [0.4, 0.5) is 17.2 Å². The average molecular weight is 213 g/mol. The van der Waals surface area contributed by atoms with Crippen LogP contribution in [0.2, 0.25) is 0 Å². The Morgan fingerprint density at radius 2 is 1.81 bits per heavy atom. The molecule has 0 aliphatic rings. The third kappa shape index (κ3) is 1.98. The number of hydrogen-bond donors (Lipinski definition) is 1. The van der Waals surface area contributed by atoms with Gasteiger partial charge in [-0.05, 0) is 24.3 Å². The third-order valence-corrected chi connectivity index (χ3v) is 2.52. The highest BCUT2D eigenvalue weighted by atomic mass is 15.2. The molecule has 16 heavy (non-hydrogen) atoms. The van der Waals surface area contributed by atoms with Gasteiger partial charge in [-0.2, -0.15) is 0 Å². The van der Waals surface area contributed by atoms with Gasteiger partial charge in [0, 0.05) is 26.0 Å². The minimum Gasteiger partial charge on any atom is -0.385 e. The summed E-state index contributed by atoms with van der Waals surface area (Å²) in [6, 6.07) is 14.1. The topological polar surface area (TPSA) is 28.2 Å². The summed E-state index contributed by atoms with van der Waals surface area (Å²) < 4.78 is 0. The number of nitrogens with zero attached hydrogens (tertiary/aromatic N) is 2. The molecular weight excluding hydrogens is 198 g/mol. The number of benzene rings is 1. The highest BCUT2D eigenvalue weighted by molar-refractivity contribution is 5.71. The number of anilines is 3. The van der Waals surface area contributed by atoms with Gasteiger partial charge in [0.1, 0.15) is 0 Å². The van der Waals surface area contributed by atoms with Crippen LogP contribution in [0.25, 0.3) is 0 Å². The van der Waals surface area contributed by atoms with Gasteiger partial charge in [0.2, 0.25) is 0 Å². The van der Waals surface area contributed by atoms with Gasteiger partial charge in [0.05, 0.1) is 5.69 Å². The van der Waals surface area contributed by atoms with Crippen LogP contribution in [0, 0.1) is 0 Å². The number of aromatic nitrogens is 1. The van der Waals surface area contributed by atoms with E-state index in [9.17, 15) is 0 Å². The first kappa shape index (κ1) is 10.5. The van der Waals surface area contributed by atoms with Gasteiger partial charge in [0.15, 0.2) is 5.82 Å². The van der Waals surface area contributed by atoms with Gasteiger partial charge >= 0.3 is 0 Å². The highest BCUT2D eigenvalue weighted by Crippen LogP contribution is 2.27. The van der Waals surface area contributed by atoms with E-state index in [2.05, 4.69) is 27.3 Å². The minimum atomic E-state index is 0.927. The van der Waals surface area contributed by atoms with Crippen LogP contribution in [-0.2, 0) is 0 Å². The van der Waals surface area contributed by atoms with E-state index in [1.54, 1.807) is 6.20 Å². The number of pyridine rings is 1. The van der Waals surface area contributed by atoms with E-state index in [0.717, 1.165) is 17.2 Å². The van der Waals surface area contributed by atoms with E-state index in [1.165, 1.54) is 0 Å². The normalized spacial score (nSPS) is 9.88. The first-order valence-electron chi connectivity index (χ1n) is 5.24. The molecule has 0 unspecified atom stereocenters. The van der Waals surface area contributed by atoms with E-state index in [4.69, 9.17) is 0 Å². The van der Waals surface area contributed by atoms with Crippen molar-refractivity contribution in [1.29, 1.82) is 0 Å². The smallest absolute Gasteiger partial charge is 0.156 e. The van der Waals surface area contributed by atoms with E-state index >= 15 is 0 Å². The molecule has 1 N–H and O–H groups in total. The molecule has 1 heterocycles. The van der Waals surface area contributed by atoms with Crippen molar-refractivity contribution < 1.29 is 0 Å².